The summed E-state index contributed by atoms with van der Waals surface area (Å²) in [6, 6.07) is 5.54. The Bertz CT molecular complexity index is 579. The third-order valence-corrected chi connectivity index (χ3v) is 6.49. The highest BCUT2D eigenvalue weighted by Crippen LogP contribution is 2.38. The van der Waals surface area contributed by atoms with Gasteiger partial charge in [-0.2, -0.15) is 0 Å². The number of benzene rings is 1. The molecule has 1 saturated carbocycles. The number of sulfonamides is 1. The van der Waals surface area contributed by atoms with Gasteiger partial charge in [-0.25, -0.2) is 13.1 Å². The maximum absolute atomic E-state index is 12.3. The smallest absolute Gasteiger partial charge is 0.207 e. The van der Waals surface area contributed by atoms with Gasteiger partial charge in [0.15, 0.2) is 0 Å². The summed E-state index contributed by atoms with van der Waals surface area (Å²) in [5.74, 6) is 0. The van der Waals surface area contributed by atoms with E-state index in [-0.39, 0.29) is 5.54 Å². The number of hydrogen-bond donors (Lipinski definition) is 1. The van der Waals surface area contributed by atoms with E-state index in [4.69, 9.17) is 0 Å². The number of hydrogen-bond acceptors (Lipinski definition) is 2. The zero-order valence-corrected chi connectivity index (χ0v) is 12.5. The normalized spacial score (nSPS) is 20.7. The predicted molar refractivity (Wildman–Crippen MR) is 74.5 cm³/mol. The molecule has 1 N–H and O–H groups in total. The van der Waals surface area contributed by atoms with Gasteiger partial charge in [0, 0.05) is 10.9 Å². The first-order valence-electron chi connectivity index (χ1n) is 6.26. The topological polar surface area (TPSA) is 46.2 Å². The number of aryl methyl sites for hydroxylation is 2. The highest BCUT2D eigenvalue weighted by Gasteiger charge is 2.45. The SMILES string of the molecule is O=S(=O)(NC1(CBr)CC1)c1ccc2c(c1)CCC2. The fourth-order valence-electron chi connectivity index (χ4n) is 2.47. The lowest BCUT2D eigenvalue weighted by atomic mass is 10.1. The molecule has 5 heteroatoms. The molecule has 0 radical (unpaired) electrons. The molecular formula is C13H16BrNO2S. The Morgan fingerprint density at radius 3 is 2.61 bits per heavy atom. The summed E-state index contributed by atoms with van der Waals surface area (Å²) in [6.07, 6.45) is 5.05. The fraction of sp³-hybridized carbons (Fsp3) is 0.538. The Morgan fingerprint density at radius 2 is 1.94 bits per heavy atom. The summed E-state index contributed by atoms with van der Waals surface area (Å²) in [5, 5.41) is 0.685. The van der Waals surface area contributed by atoms with Crippen LogP contribution in [0.1, 0.15) is 30.4 Å². The third-order valence-electron chi connectivity index (χ3n) is 3.84. The summed E-state index contributed by atoms with van der Waals surface area (Å²) in [6.45, 7) is 0. The Morgan fingerprint density at radius 1 is 1.22 bits per heavy atom. The first kappa shape index (κ1) is 12.6. The van der Waals surface area contributed by atoms with Crippen molar-refractivity contribution in [1.82, 2.24) is 4.72 Å². The zero-order chi connectivity index (χ0) is 12.8. The van der Waals surface area contributed by atoms with Crippen LogP contribution in [-0.2, 0) is 22.9 Å². The third kappa shape index (κ3) is 2.24. The standard InChI is InChI=1S/C13H16BrNO2S/c14-9-13(6-7-13)15-18(16,17)12-5-4-10-2-1-3-11(10)8-12/h4-5,8,15H,1-3,6-7,9H2. The van der Waals surface area contributed by atoms with E-state index in [2.05, 4.69) is 20.7 Å². The molecule has 2 aliphatic rings. The fourth-order valence-corrected chi connectivity index (χ4v) is 4.87. The second-order valence-electron chi connectivity index (χ2n) is 5.30. The van der Waals surface area contributed by atoms with Crippen molar-refractivity contribution in [3.8, 4) is 0 Å². The van der Waals surface area contributed by atoms with Gasteiger partial charge < -0.3 is 0 Å². The molecule has 0 aliphatic heterocycles. The van der Waals surface area contributed by atoms with Gasteiger partial charge in [0.05, 0.1) is 4.90 Å². The van der Waals surface area contributed by atoms with Crippen LogP contribution in [0, 0.1) is 0 Å². The maximum Gasteiger partial charge on any atom is 0.241 e. The Kier molecular flexibility index (Phi) is 3.03. The van der Waals surface area contributed by atoms with E-state index in [1.807, 2.05) is 12.1 Å². The highest BCUT2D eigenvalue weighted by molar-refractivity contribution is 9.09. The number of rotatable bonds is 4. The molecule has 0 atom stereocenters. The van der Waals surface area contributed by atoms with Crippen molar-refractivity contribution in [2.45, 2.75) is 42.5 Å². The molecule has 3 nitrogen and oxygen atoms in total. The van der Waals surface area contributed by atoms with Gasteiger partial charge in [-0.1, -0.05) is 22.0 Å². The van der Waals surface area contributed by atoms with Crippen LogP contribution in [0.25, 0.3) is 0 Å². The lowest BCUT2D eigenvalue weighted by molar-refractivity contribution is 0.561. The van der Waals surface area contributed by atoms with Gasteiger partial charge >= 0.3 is 0 Å². The second kappa shape index (κ2) is 4.32. The quantitative estimate of drug-likeness (QED) is 0.862. The van der Waals surface area contributed by atoms with Gasteiger partial charge in [0.1, 0.15) is 0 Å². The van der Waals surface area contributed by atoms with Crippen LogP contribution in [0.4, 0.5) is 0 Å². The van der Waals surface area contributed by atoms with Gasteiger partial charge in [-0.3, -0.25) is 0 Å². The minimum atomic E-state index is -3.37. The minimum absolute atomic E-state index is 0.238. The van der Waals surface area contributed by atoms with E-state index in [1.165, 1.54) is 11.1 Å². The molecule has 0 amide bonds. The van der Waals surface area contributed by atoms with Crippen LogP contribution in [0.3, 0.4) is 0 Å². The molecular weight excluding hydrogens is 314 g/mol. The molecule has 0 heterocycles. The summed E-state index contributed by atoms with van der Waals surface area (Å²) >= 11 is 3.38. The Balaban J connectivity index is 1.89. The number of nitrogens with one attached hydrogen (secondary N) is 1. The largest absolute Gasteiger partial charge is 0.241 e. The molecule has 0 bridgehead atoms. The number of fused-ring (bicyclic) bond motifs is 1. The second-order valence-corrected chi connectivity index (χ2v) is 7.55. The lowest BCUT2D eigenvalue weighted by Crippen LogP contribution is -2.38. The highest BCUT2D eigenvalue weighted by atomic mass is 79.9. The average molecular weight is 330 g/mol. The number of alkyl halides is 1. The van der Waals surface area contributed by atoms with Crippen LogP contribution < -0.4 is 4.72 Å². The van der Waals surface area contributed by atoms with Crippen molar-refractivity contribution in [2.75, 3.05) is 5.33 Å². The Labute approximate surface area is 116 Å². The Hall–Kier alpha value is -0.390. The van der Waals surface area contributed by atoms with Gasteiger partial charge in [-0.05, 0) is 55.4 Å². The number of halogens is 1. The first-order valence-corrected chi connectivity index (χ1v) is 8.87. The molecule has 98 valence electrons. The van der Waals surface area contributed by atoms with E-state index < -0.39 is 10.0 Å². The molecule has 1 aromatic carbocycles. The van der Waals surface area contributed by atoms with Crippen LogP contribution in [0.15, 0.2) is 23.1 Å². The van der Waals surface area contributed by atoms with Crippen molar-refractivity contribution < 1.29 is 8.42 Å². The molecule has 18 heavy (non-hydrogen) atoms. The predicted octanol–water partition coefficient (Wildman–Crippen LogP) is 2.38. The summed E-state index contributed by atoms with van der Waals surface area (Å²) in [4.78, 5) is 0.412. The van der Waals surface area contributed by atoms with Gasteiger partial charge in [0.2, 0.25) is 10.0 Å². The molecule has 0 aromatic heterocycles. The van der Waals surface area contributed by atoms with E-state index in [1.54, 1.807) is 6.07 Å². The zero-order valence-electron chi connectivity index (χ0n) is 10.1. The van der Waals surface area contributed by atoms with Crippen LogP contribution in [0.5, 0.6) is 0 Å². The van der Waals surface area contributed by atoms with Crippen molar-refractivity contribution in [3.05, 3.63) is 29.3 Å². The van der Waals surface area contributed by atoms with Crippen molar-refractivity contribution in [2.24, 2.45) is 0 Å². The molecule has 2 aliphatic carbocycles. The first-order chi connectivity index (χ1) is 8.55. The van der Waals surface area contributed by atoms with Gasteiger partial charge in [-0.15, -0.1) is 0 Å². The van der Waals surface area contributed by atoms with Crippen molar-refractivity contribution in [3.63, 3.8) is 0 Å². The molecule has 3 rings (SSSR count). The maximum atomic E-state index is 12.3. The van der Waals surface area contributed by atoms with E-state index in [0.717, 1.165) is 32.1 Å². The molecule has 0 unspecified atom stereocenters. The van der Waals surface area contributed by atoms with Crippen molar-refractivity contribution >= 4 is 26.0 Å². The summed E-state index contributed by atoms with van der Waals surface area (Å²) < 4.78 is 27.5. The average Bonchev–Trinajstić information content (AvgIpc) is 2.95. The monoisotopic (exact) mass is 329 g/mol. The summed E-state index contributed by atoms with van der Waals surface area (Å²) in [5.41, 5.74) is 2.26. The van der Waals surface area contributed by atoms with Crippen molar-refractivity contribution in [1.29, 1.82) is 0 Å². The molecule has 0 saturated heterocycles. The lowest BCUT2D eigenvalue weighted by Gasteiger charge is -2.15. The summed E-state index contributed by atoms with van der Waals surface area (Å²) in [7, 11) is -3.37. The van der Waals surface area contributed by atoms with Crippen LogP contribution >= 0.6 is 15.9 Å². The van der Waals surface area contributed by atoms with Crippen LogP contribution in [-0.4, -0.2) is 19.3 Å². The molecule has 0 spiro atoms. The van der Waals surface area contributed by atoms with Crippen LogP contribution in [0.2, 0.25) is 0 Å². The van der Waals surface area contributed by atoms with E-state index in [9.17, 15) is 8.42 Å². The van der Waals surface area contributed by atoms with Gasteiger partial charge in [0.25, 0.3) is 0 Å². The molecule has 1 aromatic rings. The van der Waals surface area contributed by atoms with E-state index >= 15 is 0 Å². The van der Waals surface area contributed by atoms with E-state index in [0.29, 0.717) is 10.2 Å². The molecule has 1 fully saturated rings. The minimum Gasteiger partial charge on any atom is -0.207 e.